The van der Waals surface area contributed by atoms with Gasteiger partial charge in [0.15, 0.2) is 11.5 Å². The van der Waals surface area contributed by atoms with Gasteiger partial charge < -0.3 is 14.8 Å². The number of halogens is 1. The zero-order valence-electron chi connectivity index (χ0n) is 14.2. The Morgan fingerprint density at radius 1 is 1.21 bits per heavy atom. The molecular formula is C18H12FN3O6. The monoisotopic (exact) mass is 385 g/mol. The fourth-order valence-corrected chi connectivity index (χ4v) is 2.89. The molecule has 0 radical (unpaired) electrons. The van der Waals surface area contributed by atoms with Crippen LogP contribution in [0.4, 0.5) is 14.9 Å². The summed E-state index contributed by atoms with van der Waals surface area (Å²) in [4.78, 5) is 36.3. The molecule has 0 aromatic heterocycles. The van der Waals surface area contributed by atoms with Gasteiger partial charge in [-0.25, -0.2) is 9.18 Å². The number of benzene rings is 2. The summed E-state index contributed by atoms with van der Waals surface area (Å²) in [5.41, 5.74) is -0.249. The maximum absolute atomic E-state index is 13.8. The normalized spacial score (nSPS) is 16.6. The van der Waals surface area contributed by atoms with Gasteiger partial charge in [0.25, 0.3) is 11.6 Å². The average molecular weight is 385 g/mol. The first kappa shape index (κ1) is 17.5. The largest absolute Gasteiger partial charge is 0.454 e. The third kappa shape index (κ3) is 3.00. The molecule has 0 saturated carbocycles. The van der Waals surface area contributed by atoms with Crippen molar-refractivity contribution in [2.24, 2.45) is 0 Å². The number of amides is 3. The lowest BCUT2D eigenvalue weighted by atomic mass is 10.1. The van der Waals surface area contributed by atoms with Crippen LogP contribution in [0.2, 0.25) is 0 Å². The third-order valence-electron chi connectivity index (χ3n) is 4.27. The lowest BCUT2D eigenvalue weighted by Crippen LogP contribution is -2.30. The Kier molecular flexibility index (Phi) is 4.15. The van der Waals surface area contributed by atoms with Crippen molar-refractivity contribution in [2.45, 2.75) is 6.54 Å². The number of carbonyl (C=O) groups is 2. The quantitative estimate of drug-likeness (QED) is 0.375. The zero-order valence-corrected chi connectivity index (χ0v) is 14.2. The van der Waals surface area contributed by atoms with E-state index < -0.39 is 22.7 Å². The van der Waals surface area contributed by atoms with Gasteiger partial charge in [-0.1, -0.05) is 18.2 Å². The molecule has 142 valence electrons. The van der Waals surface area contributed by atoms with Crippen molar-refractivity contribution < 1.29 is 28.4 Å². The first-order chi connectivity index (χ1) is 13.4. The van der Waals surface area contributed by atoms with E-state index in [0.29, 0.717) is 0 Å². The number of imide groups is 1. The summed E-state index contributed by atoms with van der Waals surface area (Å²) in [5, 5.41) is 13.7. The molecule has 0 aliphatic carbocycles. The highest BCUT2D eigenvalue weighted by Crippen LogP contribution is 2.39. The van der Waals surface area contributed by atoms with E-state index in [2.05, 4.69) is 5.32 Å². The van der Waals surface area contributed by atoms with Gasteiger partial charge >= 0.3 is 6.03 Å². The molecule has 1 N–H and O–H groups in total. The van der Waals surface area contributed by atoms with Crippen molar-refractivity contribution in [1.82, 2.24) is 10.2 Å². The van der Waals surface area contributed by atoms with Gasteiger partial charge in [0.1, 0.15) is 11.5 Å². The number of carbonyl (C=O) groups excluding carboxylic acids is 2. The van der Waals surface area contributed by atoms with Crippen LogP contribution in [0.15, 0.2) is 42.1 Å². The molecule has 10 heteroatoms. The fourth-order valence-electron chi connectivity index (χ4n) is 2.89. The molecule has 3 amide bonds. The van der Waals surface area contributed by atoms with Crippen LogP contribution in [0.25, 0.3) is 6.08 Å². The van der Waals surface area contributed by atoms with Gasteiger partial charge in [-0.05, 0) is 18.2 Å². The average Bonchev–Trinajstić information content (AvgIpc) is 3.22. The lowest BCUT2D eigenvalue weighted by Gasteiger charge is -2.12. The minimum absolute atomic E-state index is 0.0608. The van der Waals surface area contributed by atoms with E-state index in [0.717, 1.165) is 4.90 Å². The molecule has 4 rings (SSSR count). The second-order valence-electron chi connectivity index (χ2n) is 5.99. The molecule has 0 spiro atoms. The number of ether oxygens (including phenoxy) is 2. The van der Waals surface area contributed by atoms with Crippen molar-refractivity contribution in [3.05, 3.63) is 69.2 Å². The van der Waals surface area contributed by atoms with Crippen LogP contribution in [0.1, 0.15) is 11.1 Å². The van der Waals surface area contributed by atoms with Gasteiger partial charge in [-0.2, -0.15) is 0 Å². The van der Waals surface area contributed by atoms with Crippen molar-refractivity contribution in [2.75, 3.05) is 6.79 Å². The Labute approximate surface area is 157 Å². The van der Waals surface area contributed by atoms with E-state index in [1.54, 1.807) is 6.07 Å². The highest BCUT2D eigenvalue weighted by Gasteiger charge is 2.35. The Balaban J connectivity index is 1.66. The van der Waals surface area contributed by atoms with Gasteiger partial charge in [0.05, 0.1) is 23.1 Å². The summed E-state index contributed by atoms with van der Waals surface area (Å²) in [5.74, 6) is -0.763. The highest BCUT2D eigenvalue weighted by molar-refractivity contribution is 6.14. The van der Waals surface area contributed by atoms with E-state index in [1.165, 1.54) is 36.4 Å². The molecule has 28 heavy (non-hydrogen) atoms. The van der Waals surface area contributed by atoms with Crippen LogP contribution in [0.5, 0.6) is 11.5 Å². The van der Waals surface area contributed by atoms with Gasteiger partial charge in [0.2, 0.25) is 6.79 Å². The minimum atomic E-state index is -0.747. The number of nitro benzene ring substituents is 1. The predicted octanol–water partition coefficient (Wildman–Crippen LogP) is 2.56. The lowest BCUT2D eigenvalue weighted by molar-refractivity contribution is -0.385. The third-order valence-corrected chi connectivity index (χ3v) is 4.27. The molecule has 0 atom stereocenters. The molecule has 0 unspecified atom stereocenters. The topological polar surface area (TPSA) is 111 Å². The second-order valence-corrected chi connectivity index (χ2v) is 5.99. The molecule has 2 aromatic carbocycles. The van der Waals surface area contributed by atoms with Crippen molar-refractivity contribution in [3.8, 4) is 11.5 Å². The van der Waals surface area contributed by atoms with Gasteiger partial charge in [0, 0.05) is 5.56 Å². The minimum Gasteiger partial charge on any atom is -0.454 e. The highest BCUT2D eigenvalue weighted by atomic mass is 19.1. The van der Waals surface area contributed by atoms with Crippen LogP contribution in [-0.2, 0) is 11.3 Å². The number of hydrogen-bond donors (Lipinski definition) is 1. The summed E-state index contributed by atoms with van der Waals surface area (Å²) in [6.07, 6.45) is 1.18. The number of nitrogens with one attached hydrogen (secondary N) is 1. The summed E-state index contributed by atoms with van der Waals surface area (Å²) in [7, 11) is 0. The summed E-state index contributed by atoms with van der Waals surface area (Å²) >= 11 is 0. The van der Waals surface area contributed by atoms with E-state index in [9.17, 15) is 24.1 Å². The number of hydrogen-bond acceptors (Lipinski definition) is 6. The number of rotatable bonds is 4. The van der Waals surface area contributed by atoms with E-state index >= 15 is 0 Å². The van der Waals surface area contributed by atoms with Crippen LogP contribution < -0.4 is 14.8 Å². The Morgan fingerprint density at radius 3 is 2.64 bits per heavy atom. The first-order valence-electron chi connectivity index (χ1n) is 8.10. The van der Waals surface area contributed by atoms with Crippen molar-refractivity contribution >= 4 is 23.7 Å². The molecule has 2 aromatic rings. The van der Waals surface area contributed by atoms with Gasteiger partial charge in [-0.3, -0.25) is 19.8 Å². The molecule has 2 heterocycles. The van der Waals surface area contributed by atoms with Crippen molar-refractivity contribution in [3.63, 3.8) is 0 Å². The molecule has 2 aliphatic heterocycles. The van der Waals surface area contributed by atoms with E-state index in [4.69, 9.17) is 9.47 Å². The number of nitro groups is 1. The summed E-state index contributed by atoms with van der Waals surface area (Å²) in [6.45, 7) is -0.337. The Morgan fingerprint density at radius 2 is 1.93 bits per heavy atom. The zero-order chi connectivity index (χ0) is 19.8. The molecule has 2 aliphatic rings. The second kappa shape index (κ2) is 6.65. The van der Waals surface area contributed by atoms with Crippen LogP contribution in [0, 0.1) is 15.9 Å². The Hall–Kier alpha value is -3.95. The maximum atomic E-state index is 13.8. The van der Waals surface area contributed by atoms with Crippen LogP contribution in [-0.4, -0.2) is 28.6 Å². The summed E-state index contributed by atoms with van der Waals surface area (Å²) in [6, 6.07) is 7.56. The molecule has 0 bridgehead atoms. The Bertz CT molecular complexity index is 1050. The van der Waals surface area contributed by atoms with Gasteiger partial charge in [-0.15, -0.1) is 0 Å². The number of fused-ring (bicyclic) bond motifs is 1. The number of nitrogens with zero attached hydrogens (tertiary/aromatic N) is 2. The smallest absolute Gasteiger partial charge is 0.329 e. The van der Waals surface area contributed by atoms with E-state index in [-0.39, 0.29) is 47.3 Å². The maximum Gasteiger partial charge on any atom is 0.329 e. The van der Waals surface area contributed by atoms with Crippen LogP contribution in [0.3, 0.4) is 0 Å². The molecule has 1 fully saturated rings. The first-order valence-corrected chi connectivity index (χ1v) is 8.10. The number of urea groups is 1. The molecule has 9 nitrogen and oxygen atoms in total. The molecular weight excluding hydrogens is 373 g/mol. The molecule has 1 saturated heterocycles. The fraction of sp³-hybridized carbons (Fsp3) is 0.111. The SMILES string of the molecule is O=C1N/C(=C\c2cc3c(cc2[N+](=O)[O-])OCO3)C(=O)N1Cc1ccccc1F. The van der Waals surface area contributed by atoms with Crippen LogP contribution >= 0.6 is 0 Å². The van der Waals surface area contributed by atoms with Crippen molar-refractivity contribution in [1.29, 1.82) is 0 Å². The van der Waals surface area contributed by atoms with E-state index in [1.807, 2.05) is 0 Å². The standard InChI is InChI=1S/C18H12FN3O6/c19-12-4-2-1-3-10(12)8-21-17(23)13(20-18(21)24)5-11-6-15-16(28-9-27-15)7-14(11)22(25)26/h1-7H,8-9H2,(H,20,24)/b13-5-. The summed E-state index contributed by atoms with van der Waals surface area (Å²) < 4.78 is 24.1. The predicted molar refractivity (Wildman–Crippen MR) is 92.7 cm³/mol.